The van der Waals surface area contributed by atoms with Gasteiger partial charge in [-0.1, -0.05) is 11.3 Å². The Hall–Kier alpha value is -2.88. The van der Waals surface area contributed by atoms with E-state index in [2.05, 4.69) is 10.3 Å². The van der Waals surface area contributed by atoms with E-state index in [0.717, 1.165) is 17.0 Å². The number of halogens is 3. The molecule has 6 nitrogen and oxygen atoms in total. The maximum absolute atomic E-state index is 12.8. The summed E-state index contributed by atoms with van der Waals surface area (Å²) in [5.41, 5.74) is -1.94. The molecule has 10 heteroatoms. The number of nitrogens with zero attached hydrogens (tertiary/aromatic N) is 2. The van der Waals surface area contributed by atoms with E-state index < -0.39 is 29.8 Å². The average Bonchev–Trinajstić information content (AvgIpc) is 2.97. The predicted octanol–water partition coefficient (Wildman–Crippen LogP) is 3.51. The van der Waals surface area contributed by atoms with Crippen LogP contribution in [0.15, 0.2) is 41.3 Å². The number of anilines is 1. The fourth-order valence-corrected chi connectivity index (χ4v) is 3.32. The Labute approximate surface area is 155 Å². The van der Waals surface area contributed by atoms with Gasteiger partial charge in [0.2, 0.25) is 5.91 Å². The maximum Gasteiger partial charge on any atom is 0.421 e. The van der Waals surface area contributed by atoms with Crippen molar-refractivity contribution in [1.82, 2.24) is 9.55 Å². The second kappa shape index (κ2) is 7.39. The van der Waals surface area contributed by atoms with E-state index >= 15 is 0 Å². The van der Waals surface area contributed by atoms with E-state index in [4.69, 9.17) is 4.74 Å². The van der Waals surface area contributed by atoms with Gasteiger partial charge in [-0.2, -0.15) is 13.2 Å². The Bertz CT molecular complexity index is 1040. The molecule has 27 heavy (non-hydrogen) atoms. The molecule has 1 aromatic carbocycles. The number of aromatic nitrogens is 2. The third kappa shape index (κ3) is 4.27. The van der Waals surface area contributed by atoms with Crippen molar-refractivity contribution in [3.05, 3.63) is 52.4 Å². The molecular weight excluding hydrogens is 383 g/mol. The molecular formula is C17H14F3N3O3S. The van der Waals surface area contributed by atoms with Crippen LogP contribution in [0, 0.1) is 0 Å². The number of thiazole rings is 1. The number of carbonyl (C=O) groups excluding carboxylic acids is 1. The molecule has 0 unspecified atom stereocenters. The first-order valence-corrected chi connectivity index (χ1v) is 8.69. The first-order valence-electron chi connectivity index (χ1n) is 7.88. The number of alkyl halides is 3. The highest BCUT2D eigenvalue weighted by Crippen LogP contribution is 2.29. The van der Waals surface area contributed by atoms with E-state index in [1.54, 1.807) is 18.2 Å². The average molecular weight is 397 g/mol. The van der Waals surface area contributed by atoms with Gasteiger partial charge in [-0.3, -0.25) is 9.59 Å². The minimum absolute atomic E-state index is 0.281. The second-order valence-electron chi connectivity index (χ2n) is 5.48. The number of fused-ring (bicyclic) bond motifs is 1. The summed E-state index contributed by atoms with van der Waals surface area (Å²) in [5, 5.41) is 2.78. The Morgan fingerprint density at radius 1 is 1.33 bits per heavy atom. The summed E-state index contributed by atoms with van der Waals surface area (Å²) in [4.78, 5) is 28.2. The monoisotopic (exact) mass is 397 g/mol. The molecule has 0 aliphatic heterocycles. The van der Waals surface area contributed by atoms with Crippen molar-refractivity contribution in [2.75, 3.05) is 11.9 Å². The van der Waals surface area contributed by atoms with E-state index in [9.17, 15) is 22.8 Å². The quantitative estimate of drug-likeness (QED) is 0.715. The number of amides is 1. The standard InChI is InChI=1S/C17H14F3N3O3S/c1-2-26-10-5-6-12-13(8-10)27-16(21-12)22-14(24)9-23-7-3-4-11(15(23)25)17(18,19)20/h3-8H,2,9H2,1H3,(H,21,22,24). The largest absolute Gasteiger partial charge is 0.494 e. The van der Waals surface area contributed by atoms with Crippen LogP contribution in [0.5, 0.6) is 5.75 Å². The minimum Gasteiger partial charge on any atom is -0.494 e. The van der Waals surface area contributed by atoms with Gasteiger partial charge in [0.15, 0.2) is 5.13 Å². The summed E-state index contributed by atoms with van der Waals surface area (Å²) in [6.07, 6.45) is -3.65. The maximum atomic E-state index is 12.8. The molecule has 1 N–H and O–H groups in total. The van der Waals surface area contributed by atoms with Gasteiger partial charge >= 0.3 is 6.18 Å². The summed E-state index contributed by atoms with van der Waals surface area (Å²) in [6, 6.07) is 7.03. The van der Waals surface area contributed by atoms with Gasteiger partial charge in [0.25, 0.3) is 5.56 Å². The molecule has 3 aromatic rings. The van der Waals surface area contributed by atoms with Gasteiger partial charge in [0.1, 0.15) is 17.9 Å². The molecule has 0 aliphatic rings. The third-order valence-corrected chi connectivity index (χ3v) is 4.49. The number of hydrogen-bond acceptors (Lipinski definition) is 5. The van der Waals surface area contributed by atoms with Crippen LogP contribution in [-0.2, 0) is 17.5 Å². The molecule has 0 saturated carbocycles. The summed E-state index contributed by atoms with van der Waals surface area (Å²) >= 11 is 1.20. The van der Waals surface area contributed by atoms with Gasteiger partial charge < -0.3 is 14.6 Å². The molecule has 0 aliphatic carbocycles. The Morgan fingerprint density at radius 3 is 2.81 bits per heavy atom. The van der Waals surface area contributed by atoms with E-state index in [1.165, 1.54) is 11.3 Å². The molecule has 0 spiro atoms. The zero-order chi connectivity index (χ0) is 19.6. The molecule has 0 bridgehead atoms. The molecule has 2 aromatic heterocycles. The van der Waals surface area contributed by atoms with Crippen LogP contribution >= 0.6 is 11.3 Å². The smallest absolute Gasteiger partial charge is 0.421 e. The fraction of sp³-hybridized carbons (Fsp3) is 0.235. The van der Waals surface area contributed by atoms with Crippen LogP contribution in [0.2, 0.25) is 0 Å². The SMILES string of the molecule is CCOc1ccc2nc(NC(=O)Cn3cccc(C(F)(F)F)c3=O)sc2c1. The van der Waals surface area contributed by atoms with E-state index in [0.29, 0.717) is 28.5 Å². The minimum atomic E-state index is -4.78. The van der Waals surface area contributed by atoms with Crippen molar-refractivity contribution in [2.24, 2.45) is 0 Å². The van der Waals surface area contributed by atoms with Crippen LogP contribution in [-0.4, -0.2) is 22.1 Å². The molecule has 2 heterocycles. The second-order valence-corrected chi connectivity index (χ2v) is 6.51. The lowest BCUT2D eigenvalue weighted by molar-refractivity contribution is -0.139. The molecule has 0 saturated heterocycles. The highest BCUT2D eigenvalue weighted by molar-refractivity contribution is 7.22. The zero-order valence-corrected chi connectivity index (χ0v) is 14.9. The van der Waals surface area contributed by atoms with E-state index in [1.807, 2.05) is 6.92 Å². The molecule has 0 fully saturated rings. The lowest BCUT2D eigenvalue weighted by atomic mass is 10.2. The first-order chi connectivity index (χ1) is 12.8. The van der Waals surface area contributed by atoms with Crippen molar-refractivity contribution in [3.8, 4) is 5.75 Å². The summed E-state index contributed by atoms with van der Waals surface area (Å²) < 4.78 is 45.2. The first kappa shape index (κ1) is 18.9. The highest BCUT2D eigenvalue weighted by Gasteiger charge is 2.34. The lowest BCUT2D eigenvalue weighted by Crippen LogP contribution is -2.31. The van der Waals surface area contributed by atoms with Crippen molar-refractivity contribution < 1.29 is 22.7 Å². The predicted molar refractivity (Wildman–Crippen MR) is 95.1 cm³/mol. The normalized spacial score (nSPS) is 11.6. The number of benzene rings is 1. The van der Waals surface area contributed by atoms with Crippen molar-refractivity contribution in [1.29, 1.82) is 0 Å². The molecule has 0 radical (unpaired) electrons. The number of hydrogen-bond donors (Lipinski definition) is 1. The zero-order valence-electron chi connectivity index (χ0n) is 14.0. The van der Waals surface area contributed by atoms with Crippen LogP contribution in [0.4, 0.5) is 18.3 Å². The lowest BCUT2D eigenvalue weighted by Gasteiger charge is -2.09. The van der Waals surface area contributed by atoms with Crippen LogP contribution < -0.4 is 15.6 Å². The van der Waals surface area contributed by atoms with Crippen molar-refractivity contribution in [3.63, 3.8) is 0 Å². The number of pyridine rings is 1. The van der Waals surface area contributed by atoms with Crippen LogP contribution in [0.3, 0.4) is 0 Å². The summed E-state index contributed by atoms with van der Waals surface area (Å²) in [7, 11) is 0. The number of rotatable bonds is 5. The number of nitrogens with one attached hydrogen (secondary N) is 1. The van der Waals surface area contributed by atoms with Crippen LogP contribution in [0.1, 0.15) is 12.5 Å². The van der Waals surface area contributed by atoms with Gasteiger partial charge in [-0.05, 0) is 37.3 Å². The van der Waals surface area contributed by atoms with Gasteiger partial charge in [0, 0.05) is 6.20 Å². The fourth-order valence-electron chi connectivity index (χ4n) is 2.41. The topological polar surface area (TPSA) is 73.2 Å². The van der Waals surface area contributed by atoms with E-state index in [-0.39, 0.29) is 5.13 Å². The Morgan fingerprint density at radius 2 is 2.11 bits per heavy atom. The number of ether oxygens (including phenoxy) is 1. The molecule has 1 amide bonds. The third-order valence-electron chi connectivity index (χ3n) is 3.56. The molecule has 3 rings (SSSR count). The van der Waals surface area contributed by atoms with Gasteiger partial charge in [-0.25, -0.2) is 4.98 Å². The highest BCUT2D eigenvalue weighted by atomic mass is 32.1. The molecule has 0 atom stereocenters. The van der Waals surface area contributed by atoms with Crippen molar-refractivity contribution >= 4 is 32.6 Å². The summed E-state index contributed by atoms with van der Waals surface area (Å²) in [6.45, 7) is 1.82. The van der Waals surface area contributed by atoms with Gasteiger partial charge in [-0.15, -0.1) is 0 Å². The summed E-state index contributed by atoms with van der Waals surface area (Å²) in [5.74, 6) is 0.0163. The Balaban J connectivity index is 1.77. The molecule has 142 valence electrons. The Kier molecular flexibility index (Phi) is 5.17. The number of carbonyl (C=O) groups is 1. The van der Waals surface area contributed by atoms with Gasteiger partial charge in [0.05, 0.1) is 16.8 Å². The van der Waals surface area contributed by atoms with Crippen molar-refractivity contribution in [2.45, 2.75) is 19.6 Å². The van der Waals surface area contributed by atoms with Crippen LogP contribution in [0.25, 0.3) is 10.2 Å².